The molecule has 0 aromatic heterocycles. The van der Waals surface area contributed by atoms with Gasteiger partial charge in [-0.15, -0.1) is 0 Å². The van der Waals surface area contributed by atoms with E-state index in [0.29, 0.717) is 5.75 Å². The summed E-state index contributed by atoms with van der Waals surface area (Å²) < 4.78 is 15.9. The van der Waals surface area contributed by atoms with Gasteiger partial charge in [-0.3, -0.25) is 0 Å². The van der Waals surface area contributed by atoms with Crippen LogP contribution >= 0.6 is 0 Å². The smallest absolute Gasteiger partial charge is 0.164 e. The Morgan fingerprint density at radius 2 is 1.47 bits per heavy atom. The van der Waals surface area contributed by atoms with Crippen molar-refractivity contribution in [1.82, 2.24) is 0 Å². The molecule has 0 unspecified atom stereocenters. The van der Waals surface area contributed by atoms with Gasteiger partial charge in [-0.05, 0) is 37.4 Å². The summed E-state index contributed by atoms with van der Waals surface area (Å²) in [5.74, 6) is 2.25. The summed E-state index contributed by atoms with van der Waals surface area (Å²) in [6, 6.07) is 3.82. The second-order valence-corrected chi connectivity index (χ2v) is 3.76. The van der Waals surface area contributed by atoms with E-state index < -0.39 is 0 Å². The van der Waals surface area contributed by atoms with Gasteiger partial charge >= 0.3 is 0 Å². The van der Waals surface area contributed by atoms with Crippen LogP contribution in [0, 0.1) is 0 Å². The minimum Gasteiger partial charge on any atom is -0.496 e. The van der Waals surface area contributed by atoms with E-state index in [1.807, 2.05) is 12.1 Å². The van der Waals surface area contributed by atoms with Gasteiger partial charge in [0.15, 0.2) is 11.5 Å². The minimum atomic E-state index is 0.687. The minimum absolute atomic E-state index is 0.687. The lowest BCUT2D eigenvalue weighted by molar-refractivity contribution is 0.347. The number of ether oxygens (including phenoxy) is 3. The van der Waals surface area contributed by atoms with Crippen molar-refractivity contribution in [3.8, 4) is 17.2 Å². The van der Waals surface area contributed by atoms with Crippen molar-refractivity contribution in [2.75, 3.05) is 27.9 Å². The van der Waals surface area contributed by atoms with Crippen LogP contribution in [0.4, 0.5) is 0 Å². The molecule has 0 spiro atoms. The van der Waals surface area contributed by atoms with E-state index in [0.717, 1.165) is 42.9 Å². The highest BCUT2D eigenvalue weighted by molar-refractivity contribution is 5.50. The predicted octanol–water partition coefficient (Wildman–Crippen LogP) is 1.99. The number of methoxy groups -OCH3 is 3. The Morgan fingerprint density at radius 1 is 0.882 bits per heavy atom. The average Bonchev–Trinajstić information content (AvgIpc) is 2.38. The highest BCUT2D eigenvalue weighted by atomic mass is 16.5. The molecule has 4 heteroatoms. The number of unbranched alkanes of at least 4 members (excludes halogenated alkanes) is 1. The third kappa shape index (κ3) is 3.53. The van der Waals surface area contributed by atoms with Gasteiger partial charge in [0.05, 0.1) is 21.3 Å². The first kappa shape index (κ1) is 13.6. The number of hydrogen-bond donors (Lipinski definition) is 1. The van der Waals surface area contributed by atoms with Crippen molar-refractivity contribution in [3.63, 3.8) is 0 Å². The van der Waals surface area contributed by atoms with Gasteiger partial charge < -0.3 is 19.9 Å². The molecule has 0 radical (unpaired) electrons. The number of benzene rings is 1. The van der Waals surface area contributed by atoms with Crippen molar-refractivity contribution in [2.24, 2.45) is 5.73 Å². The lowest BCUT2D eigenvalue weighted by Crippen LogP contribution is -2.01. The van der Waals surface area contributed by atoms with Gasteiger partial charge in [0.25, 0.3) is 0 Å². The first-order valence-corrected chi connectivity index (χ1v) is 5.75. The molecular weight excluding hydrogens is 218 g/mol. The largest absolute Gasteiger partial charge is 0.496 e. The molecule has 0 fully saturated rings. The molecule has 0 aliphatic heterocycles. The molecule has 0 saturated heterocycles. The zero-order valence-corrected chi connectivity index (χ0v) is 10.8. The summed E-state index contributed by atoms with van der Waals surface area (Å²) in [6.45, 7) is 0.718. The first-order chi connectivity index (χ1) is 8.26. The van der Waals surface area contributed by atoms with E-state index in [9.17, 15) is 0 Å². The molecule has 0 heterocycles. The highest BCUT2D eigenvalue weighted by Gasteiger charge is 2.11. The van der Waals surface area contributed by atoms with Crippen LogP contribution in [0.3, 0.4) is 0 Å². The fourth-order valence-corrected chi connectivity index (χ4v) is 1.75. The van der Waals surface area contributed by atoms with E-state index in [2.05, 4.69) is 0 Å². The number of nitrogens with two attached hydrogens (primary N) is 1. The van der Waals surface area contributed by atoms with E-state index in [1.54, 1.807) is 21.3 Å². The lowest BCUT2D eigenvalue weighted by atomic mass is 10.1. The number of hydrogen-bond acceptors (Lipinski definition) is 4. The highest BCUT2D eigenvalue weighted by Crippen LogP contribution is 2.35. The molecule has 17 heavy (non-hydrogen) atoms. The summed E-state index contributed by atoms with van der Waals surface area (Å²) in [5, 5.41) is 0. The lowest BCUT2D eigenvalue weighted by Gasteiger charge is -2.13. The molecule has 1 rings (SSSR count). The van der Waals surface area contributed by atoms with Crippen LogP contribution in [0.5, 0.6) is 17.2 Å². The van der Waals surface area contributed by atoms with Crippen LogP contribution in [0.1, 0.15) is 18.4 Å². The Hall–Kier alpha value is -1.42. The van der Waals surface area contributed by atoms with Crippen molar-refractivity contribution >= 4 is 0 Å². The molecule has 0 bridgehead atoms. The molecule has 4 nitrogen and oxygen atoms in total. The summed E-state index contributed by atoms with van der Waals surface area (Å²) in [7, 11) is 4.91. The molecule has 2 N–H and O–H groups in total. The molecule has 0 aliphatic carbocycles. The van der Waals surface area contributed by atoms with E-state index >= 15 is 0 Å². The third-order valence-corrected chi connectivity index (χ3v) is 2.69. The van der Waals surface area contributed by atoms with Gasteiger partial charge in [-0.25, -0.2) is 0 Å². The van der Waals surface area contributed by atoms with Crippen LogP contribution in [0.15, 0.2) is 12.1 Å². The zero-order valence-electron chi connectivity index (χ0n) is 10.8. The second kappa shape index (κ2) is 7.01. The summed E-state index contributed by atoms with van der Waals surface area (Å²) in [5.41, 5.74) is 6.61. The maximum atomic E-state index is 5.49. The SMILES string of the molecule is COc1cc(OC)c(OC)cc1CCCCN. The van der Waals surface area contributed by atoms with Crippen molar-refractivity contribution < 1.29 is 14.2 Å². The Bertz CT molecular complexity index is 353. The molecule has 0 aliphatic rings. The van der Waals surface area contributed by atoms with E-state index in [-0.39, 0.29) is 0 Å². The maximum absolute atomic E-state index is 5.49. The quantitative estimate of drug-likeness (QED) is 0.739. The van der Waals surface area contributed by atoms with Gasteiger partial charge in [-0.1, -0.05) is 0 Å². The second-order valence-electron chi connectivity index (χ2n) is 3.76. The molecule has 1 aromatic carbocycles. The Labute approximate surface area is 103 Å². The molecule has 0 amide bonds. The standard InChI is InChI=1S/C13H21NO3/c1-15-11-9-13(17-3)12(16-2)8-10(11)6-4-5-7-14/h8-9H,4-7,14H2,1-3H3. The van der Waals surface area contributed by atoms with Crippen molar-refractivity contribution in [1.29, 1.82) is 0 Å². The summed E-state index contributed by atoms with van der Waals surface area (Å²) in [6.07, 6.45) is 2.99. The van der Waals surface area contributed by atoms with Gasteiger partial charge in [-0.2, -0.15) is 0 Å². The Morgan fingerprint density at radius 3 is 2.00 bits per heavy atom. The molecule has 1 aromatic rings. The Balaban J connectivity index is 2.93. The van der Waals surface area contributed by atoms with E-state index in [1.165, 1.54) is 0 Å². The zero-order chi connectivity index (χ0) is 12.7. The van der Waals surface area contributed by atoms with Crippen LogP contribution in [-0.4, -0.2) is 27.9 Å². The predicted molar refractivity (Wildman–Crippen MR) is 68.1 cm³/mol. The maximum Gasteiger partial charge on any atom is 0.164 e. The van der Waals surface area contributed by atoms with Gasteiger partial charge in [0.2, 0.25) is 0 Å². The third-order valence-electron chi connectivity index (χ3n) is 2.69. The van der Waals surface area contributed by atoms with Crippen LogP contribution in [0.25, 0.3) is 0 Å². The van der Waals surface area contributed by atoms with Gasteiger partial charge in [0, 0.05) is 6.07 Å². The number of rotatable bonds is 7. The summed E-state index contributed by atoms with van der Waals surface area (Å²) in [4.78, 5) is 0. The topological polar surface area (TPSA) is 53.7 Å². The van der Waals surface area contributed by atoms with E-state index in [4.69, 9.17) is 19.9 Å². The fraction of sp³-hybridized carbons (Fsp3) is 0.538. The number of aryl methyl sites for hydroxylation is 1. The molecule has 0 saturated carbocycles. The molecular formula is C13H21NO3. The van der Waals surface area contributed by atoms with Crippen LogP contribution < -0.4 is 19.9 Å². The van der Waals surface area contributed by atoms with Crippen molar-refractivity contribution in [3.05, 3.63) is 17.7 Å². The monoisotopic (exact) mass is 239 g/mol. The fourth-order valence-electron chi connectivity index (χ4n) is 1.75. The molecule has 96 valence electrons. The Kier molecular flexibility index (Phi) is 5.63. The first-order valence-electron chi connectivity index (χ1n) is 5.75. The van der Waals surface area contributed by atoms with Crippen molar-refractivity contribution in [2.45, 2.75) is 19.3 Å². The normalized spacial score (nSPS) is 10.1. The van der Waals surface area contributed by atoms with Gasteiger partial charge in [0.1, 0.15) is 5.75 Å². The van der Waals surface area contributed by atoms with Crippen LogP contribution in [0.2, 0.25) is 0 Å². The average molecular weight is 239 g/mol. The molecule has 0 atom stereocenters. The van der Waals surface area contributed by atoms with Crippen LogP contribution in [-0.2, 0) is 6.42 Å². The summed E-state index contributed by atoms with van der Waals surface area (Å²) >= 11 is 0.